The number of aromatic nitrogens is 2. The van der Waals surface area contributed by atoms with Crippen LogP contribution in [0.3, 0.4) is 0 Å². The SMILES string of the molecule is CCCN1CCC(Nc2nccnc2OC)C1. The summed E-state index contributed by atoms with van der Waals surface area (Å²) in [6, 6.07) is 0.451. The Morgan fingerprint density at radius 2 is 2.29 bits per heavy atom. The minimum atomic E-state index is 0.451. The molecule has 0 amide bonds. The molecule has 2 heterocycles. The first kappa shape index (κ1) is 12.1. The number of hydrogen-bond acceptors (Lipinski definition) is 5. The third-order valence-electron chi connectivity index (χ3n) is 3.01. The summed E-state index contributed by atoms with van der Waals surface area (Å²) in [5, 5.41) is 3.41. The molecule has 2 rings (SSSR count). The number of ether oxygens (including phenoxy) is 1. The summed E-state index contributed by atoms with van der Waals surface area (Å²) in [5.74, 6) is 1.32. The highest BCUT2D eigenvalue weighted by molar-refractivity contribution is 5.45. The maximum atomic E-state index is 5.18. The quantitative estimate of drug-likeness (QED) is 0.837. The second kappa shape index (κ2) is 5.82. The molecule has 0 bridgehead atoms. The molecule has 1 aliphatic heterocycles. The van der Waals surface area contributed by atoms with E-state index >= 15 is 0 Å². The van der Waals surface area contributed by atoms with Crippen LogP contribution in [0.4, 0.5) is 5.82 Å². The van der Waals surface area contributed by atoms with Gasteiger partial charge in [-0.1, -0.05) is 6.92 Å². The van der Waals surface area contributed by atoms with Gasteiger partial charge in [-0.15, -0.1) is 0 Å². The second-order valence-corrected chi connectivity index (χ2v) is 4.34. The molecule has 5 heteroatoms. The summed E-state index contributed by atoms with van der Waals surface area (Å²) in [7, 11) is 1.62. The second-order valence-electron chi connectivity index (χ2n) is 4.34. The van der Waals surface area contributed by atoms with Gasteiger partial charge in [-0.3, -0.25) is 0 Å². The van der Waals surface area contributed by atoms with Crippen molar-refractivity contribution < 1.29 is 4.74 Å². The summed E-state index contributed by atoms with van der Waals surface area (Å²) in [4.78, 5) is 10.9. The molecule has 1 aliphatic rings. The maximum Gasteiger partial charge on any atom is 0.257 e. The van der Waals surface area contributed by atoms with E-state index in [1.54, 1.807) is 19.5 Å². The molecule has 1 fully saturated rings. The van der Waals surface area contributed by atoms with Crippen molar-refractivity contribution in [2.45, 2.75) is 25.8 Å². The molecule has 0 aliphatic carbocycles. The van der Waals surface area contributed by atoms with Crippen LogP contribution in [0.25, 0.3) is 0 Å². The first-order chi connectivity index (χ1) is 8.33. The molecule has 17 heavy (non-hydrogen) atoms. The Balaban J connectivity index is 1.93. The smallest absolute Gasteiger partial charge is 0.257 e. The van der Waals surface area contributed by atoms with Crippen molar-refractivity contribution in [1.29, 1.82) is 0 Å². The summed E-state index contributed by atoms with van der Waals surface area (Å²) in [6.45, 7) is 5.63. The zero-order valence-corrected chi connectivity index (χ0v) is 10.5. The number of nitrogens with one attached hydrogen (secondary N) is 1. The minimum Gasteiger partial charge on any atom is -0.478 e. The summed E-state index contributed by atoms with van der Waals surface area (Å²) in [5.41, 5.74) is 0. The maximum absolute atomic E-state index is 5.18. The highest BCUT2D eigenvalue weighted by Crippen LogP contribution is 2.20. The molecule has 0 spiro atoms. The standard InChI is InChI=1S/C12H20N4O/c1-3-7-16-8-4-10(9-16)15-11-12(17-2)14-6-5-13-11/h5-6,10H,3-4,7-9H2,1-2H3,(H,13,15). The van der Waals surface area contributed by atoms with Gasteiger partial charge in [0.2, 0.25) is 0 Å². The number of likely N-dealkylation sites (tertiary alicyclic amines) is 1. The molecule has 1 atom stereocenters. The van der Waals surface area contributed by atoms with E-state index in [1.165, 1.54) is 13.0 Å². The van der Waals surface area contributed by atoms with E-state index in [9.17, 15) is 0 Å². The van der Waals surface area contributed by atoms with E-state index in [0.717, 1.165) is 25.3 Å². The third kappa shape index (κ3) is 3.06. The molecule has 0 aromatic carbocycles. The van der Waals surface area contributed by atoms with Crippen molar-refractivity contribution in [3.8, 4) is 5.88 Å². The Bertz CT molecular complexity index is 358. The predicted octanol–water partition coefficient (Wildman–Crippen LogP) is 1.38. The van der Waals surface area contributed by atoms with E-state index in [1.807, 2.05) is 0 Å². The van der Waals surface area contributed by atoms with E-state index in [-0.39, 0.29) is 0 Å². The first-order valence-electron chi connectivity index (χ1n) is 6.17. The fourth-order valence-electron chi connectivity index (χ4n) is 2.24. The van der Waals surface area contributed by atoms with Crippen molar-refractivity contribution in [3.63, 3.8) is 0 Å². The van der Waals surface area contributed by atoms with E-state index < -0.39 is 0 Å². The van der Waals surface area contributed by atoms with Gasteiger partial charge in [-0.25, -0.2) is 9.97 Å². The van der Waals surface area contributed by atoms with Gasteiger partial charge < -0.3 is 15.0 Å². The van der Waals surface area contributed by atoms with Crippen LogP contribution in [0.5, 0.6) is 5.88 Å². The van der Waals surface area contributed by atoms with Crippen molar-refractivity contribution in [2.75, 3.05) is 32.1 Å². The highest BCUT2D eigenvalue weighted by Gasteiger charge is 2.22. The van der Waals surface area contributed by atoms with Crippen LogP contribution in [0, 0.1) is 0 Å². The first-order valence-corrected chi connectivity index (χ1v) is 6.17. The average molecular weight is 236 g/mol. The van der Waals surface area contributed by atoms with Crippen molar-refractivity contribution in [2.24, 2.45) is 0 Å². The van der Waals surface area contributed by atoms with Gasteiger partial charge in [0.25, 0.3) is 5.88 Å². The summed E-state index contributed by atoms with van der Waals surface area (Å²) >= 11 is 0. The number of anilines is 1. The van der Waals surface area contributed by atoms with E-state index in [0.29, 0.717) is 11.9 Å². The lowest BCUT2D eigenvalue weighted by Crippen LogP contribution is -2.27. The fourth-order valence-corrected chi connectivity index (χ4v) is 2.24. The van der Waals surface area contributed by atoms with Crippen LogP contribution in [-0.4, -0.2) is 47.7 Å². The lowest BCUT2D eigenvalue weighted by atomic mass is 10.2. The van der Waals surface area contributed by atoms with Crippen LogP contribution in [0.1, 0.15) is 19.8 Å². The lowest BCUT2D eigenvalue weighted by Gasteiger charge is -2.16. The van der Waals surface area contributed by atoms with Gasteiger partial charge in [-0.2, -0.15) is 0 Å². The van der Waals surface area contributed by atoms with Crippen molar-refractivity contribution in [3.05, 3.63) is 12.4 Å². The largest absolute Gasteiger partial charge is 0.478 e. The van der Waals surface area contributed by atoms with Crippen LogP contribution < -0.4 is 10.1 Å². The normalized spacial score (nSPS) is 20.5. The van der Waals surface area contributed by atoms with Crippen LogP contribution in [0.2, 0.25) is 0 Å². The van der Waals surface area contributed by atoms with Gasteiger partial charge in [0.15, 0.2) is 5.82 Å². The lowest BCUT2D eigenvalue weighted by molar-refractivity contribution is 0.336. The molecule has 0 radical (unpaired) electrons. The molecule has 1 aromatic heterocycles. The van der Waals surface area contributed by atoms with Gasteiger partial charge in [0.1, 0.15) is 0 Å². The molecule has 1 saturated heterocycles. The number of rotatable bonds is 5. The van der Waals surface area contributed by atoms with Gasteiger partial charge in [0, 0.05) is 31.5 Å². The Kier molecular flexibility index (Phi) is 4.14. The van der Waals surface area contributed by atoms with Crippen LogP contribution in [-0.2, 0) is 0 Å². The monoisotopic (exact) mass is 236 g/mol. The zero-order valence-electron chi connectivity index (χ0n) is 10.5. The summed E-state index contributed by atoms with van der Waals surface area (Å²) in [6.07, 6.45) is 5.69. The highest BCUT2D eigenvalue weighted by atomic mass is 16.5. The molecule has 5 nitrogen and oxygen atoms in total. The summed E-state index contributed by atoms with van der Waals surface area (Å²) < 4.78 is 5.18. The Labute approximate surface area is 102 Å². The zero-order chi connectivity index (χ0) is 12.1. The third-order valence-corrected chi connectivity index (χ3v) is 3.01. The molecule has 1 N–H and O–H groups in total. The molecular formula is C12H20N4O. The molecule has 94 valence electrons. The molecule has 1 unspecified atom stereocenters. The minimum absolute atomic E-state index is 0.451. The van der Waals surface area contributed by atoms with Gasteiger partial charge >= 0.3 is 0 Å². The van der Waals surface area contributed by atoms with Crippen LogP contribution in [0.15, 0.2) is 12.4 Å². The predicted molar refractivity (Wildman–Crippen MR) is 67.3 cm³/mol. The number of nitrogens with zero attached hydrogens (tertiary/aromatic N) is 3. The Hall–Kier alpha value is -1.36. The Morgan fingerprint density at radius 1 is 1.47 bits per heavy atom. The van der Waals surface area contributed by atoms with Crippen molar-refractivity contribution in [1.82, 2.24) is 14.9 Å². The topological polar surface area (TPSA) is 50.3 Å². The van der Waals surface area contributed by atoms with Crippen molar-refractivity contribution >= 4 is 5.82 Å². The van der Waals surface area contributed by atoms with Gasteiger partial charge in [-0.05, 0) is 19.4 Å². The average Bonchev–Trinajstić information content (AvgIpc) is 2.78. The molecular weight excluding hydrogens is 216 g/mol. The number of methoxy groups -OCH3 is 1. The fraction of sp³-hybridized carbons (Fsp3) is 0.667. The van der Waals surface area contributed by atoms with Gasteiger partial charge in [0.05, 0.1) is 7.11 Å². The number of hydrogen-bond donors (Lipinski definition) is 1. The Morgan fingerprint density at radius 3 is 3.06 bits per heavy atom. The molecule has 0 saturated carbocycles. The molecule has 1 aromatic rings. The van der Waals surface area contributed by atoms with E-state index in [4.69, 9.17) is 4.74 Å². The van der Waals surface area contributed by atoms with Crippen LogP contribution >= 0.6 is 0 Å². The van der Waals surface area contributed by atoms with E-state index in [2.05, 4.69) is 27.1 Å².